The molecule has 0 saturated carbocycles. The van der Waals surface area contributed by atoms with Crippen molar-refractivity contribution in [2.24, 2.45) is 0 Å². The number of rotatable bonds is 6. The first-order chi connectivity index (χ1) is 15.4. The normalized spacial score (nSPS) is 18.9. The highest BCUT2D eigenvalue weighted by molar-refractivity contribution is 5.77. The van der Waals surface area contributed by atoms with Crippen molar-refractivity contribution in [3.05, 3.63) is 47.2 Å². The zero-order valence-corrected chi connectivity index (χ0v) is 19.3. The van der Waals surface area contributed by atoms with E-state index in [9.17, 15) is 9.18 Å². The van der Waals surface area contributed by atoms with E-state index in [4.69, 9.17) is 9.97 Å². The average Bonchev–Trinajstić information content (AvgIpc) is 2.81. The van der Waals surface area contributed by atoms with E-state index >= 15 is 0 Å². The molecule has 1 aromatic carbocycles. The molecule has 1 saturated heterocycles. The number of hydrogen-bond acceptors (Lipinski definition) is 6. The Kier molecular flexibility index (Phi) is 6.89. The fourth-order valence-corrected chi connectivity index (χ4v) is 4.68. The van der Waals surface area contributed by atoms with Crippen molar-refractivity contribution in [3.8, 4) is 0 Å². The quantitative estimate of drug-likeness (QED) is 0.745. The Morgan fingerprint density at radius 3 is 2.91 bits per heavy atom. The van der Waals surface area contributed by atoms with Crippen LogP contribution in [0.5, 0.6) is 0 Å². The van der Waals surface area contributed by atoms with Gasteiger partial charge in [0.25, 0.3) is 0 Å². The summed E-state index contributed by atoms with van der Waals surface area (Å²) in [7, 11) is 5.91. The van der Waals surface area contributed by atoms with Gasteiger partial charge in [0, 0.05) is 63.7 Å². The zero-order chi connectivity index (χ0) is 22.7. The number of likely N-dealkylation sites (N-methyl/N-ethyl adjacent to an activating group) is 1. The Morgan fingerprint density at radius 2 is 2.16 bits per heavy atom. The summed E-state index contributed by atoms with van der Waals surface area (Å²) in [5.41, 5.74) is 2.86. The first kappa shape index (κ1) is 22.5. The number of piperidine rings is 1. The second-order valence-electron chi connectivity index (χ2n) is 8.92. The number of amides is 1. The lowest BCUT2D eigenvalue weighted by Gasteiger charge is -2.32. The van der Waals surface area contributed by atoms with Gasteiger partial charge in [0.2, 0.25) is 5.91 Å². The molecule has 4 rings (SSSR count). The number of halogens is 1. The van der Waals surface area contributed by atoms with E-state index in [2.05, 4.69) is 17.3 Å². The van der Waals surface area contributed by atoms with E-state index in [-0.39, 0.29) is 11.7 Å². The van der Waals surface area contributed by atoms with Gasteiger partial charge < -0.3 is 20.0 Å². The Morgan fingerprint density at radius 1 is 1.31 bits per heavy atom. The summed E-state index contributed by atoms with van der Waals surface area (Å²) in [5, 5.41) is 3.24. The van der Waals surface area contributed by atoms with E-state index in [1.807, 2.05) is 30.0 Å². The summed E-state index contributed by atoms with van der Waals surface area (Å²) in [6.45, 7) is 3.85. The van der Waals surface area contributed by atoms with Crippen molar-refractivity contribution >= 4 is 17.4 Å². The van der Waals surface area contributed by atoms with Crippen molar-refractivity contribution in [1.29, 1.82) is 0 Å². The molecule has 7 nitrogen and oxygen atoms in total. The molecule has 1 N–H and O–H groups in total. The lowest BCUT2D eigenvalue weighted by atomic mass is 9.96. The first-order valence-electron chi connectivity index (χ1n) is 11.4. The number of likely N-dealkylation sites (tertiary alicyclic amines) is 1. The third-order valence-electron chi connectivity index (χ3n) is 6.57. The third-order valence-corrected chi connectivity index (χ3v) is 6.57. The number of benzene rings is 1. The smallest absolute Gasteiger partial charge is 0.224 e. The van der Waals surface area contributed by atoms with Crippen LogP contribution in [0.3, 0.4) is 0 Å². The van der Waals surface area contributed by atoms with Crippen molar-refractivity contribution in [2.45, 2.75) is 38.1 Å². The number of aromatic nitrogens is 2. The molecule has 0 radical (unpaired) electrons. The lowest BCUT2D eigenvalue weighted by molar-refractivity contribution is -0.131. The number of hydrogen-bond donors (Lipinski definition) is 1. The molecule has 1 fully saturated rings. The van der Waals surface area contributed by atoms with Gasteiger partial charge in [0.1, 0.15) is 17.5 Å². The third kappa shape index (κ3) is 5.01. The predicted molar refractivity (Wildman–Crippen MR) is 124 cm³/mol. The highest BCUT2D eigenvalue weighted by atomic mass is 19.1. The number of carbonyl (C=O) groups is 1. The van der Waals surface area contributed by atoms with Gasteiger partial charge in [-0.3, -0.25) is 4.79 Å². The molecule has 1 amide bonds. The minimum atomic E-state index is -0.271. The van der Waals surface area contributed by atoms with E-state index in [0.29, 0.717) is 32.0 Å². The van der Waals surface area contributed by atoms with Crippen LogP contribution in [0.25, 0.3) is 0 Å². The van der Waals surface area contributed by atoms with Gasteiger partial charge >= 0.3 is 0 Å². The Bertz CT molecular complexity index is 950. The van der Waals surface area contributed by atoms with E-state index in [1.165, 1.54) is 18.6 Å². The molecule has 3 heterocycles. The minimum absolute atomic E-state index is 0.0962. The minimum Gasteiger partial charge on any atom is -0.374 e. The highest BCUT2D eigenvalue weighted by Crippen LogP contribution is 2.29. The number of anilines is 2. The van der Waals surface area contributed by atoms with Gasteiger partial charge in [0.05, 0.1) is 12.2 Å². The molecular weight excluding hydrogens is 407 g/mol. The molecule has 32 heavy (non-hydrogen) atoms. The van der Waals surface area contributed by atoms with E-state index in [1.54, 1.807) is 6.07 Å². The molecule has 0 spiro atoms. The Labute approximate surface area is 189 Å². The maximum Gasteiger partial charge on any atom is 0.224 e. The monoisotopic (exact) mass is 440 g/mol. The number of nitrogens with zero attached hydrogens (tertiary/aromatic N) is 5. The molecule has 2 aliphatic heterocycles. The molecule has 172 valence electrons. The second-order valence-corrected chi connectivity index (χ2v) is 8.92. The number of fused-ring (bicyclic) bond motifs is 1. The van der Waals surface area contributed by atoms with E-state index in [0.717, 1.165) is 54.5 Å². The fraction of sp³-hybridized carbons (Fsp3) is 0.542. The second kappa shape index (κ2) is 9.81. The van der Waals surface area contributed by atoms with Gasteiger partial charge in [0.15, 0.2) is 0 Å². The van der Waals surface area contributed by atoms with Crippen molar-refractivity contribution < 1.29 is 9.18 Å². The van der Waals surface area contributed by atoms with Crippen molar-refractivity contribution in [2.75, 3.05) is 57.5 Å². The molecule has 0 bridgehead atoms. The molecule has 0 unspecified atom stereocenters. The summed E-state index contributed by atoms with van der Waals surface area (Å²) < 4.78 is 13.5. The molecule has 8 heteroatoms. The standard InChI is InChI=1S/C24H33FN6O/c1-26-24-20-16-31(22(32)10-12-30(3)19-8-4-7-18(25)14-19)13-9-21(20)27-23(28-24)17-6-5-11-29(2)15-17/h4,7-8,14,17H,5-6,9-13,15-16H2,1-3H3,(H,26,27,28)/t17-/m0/s1. The Hall–Kier alpha value is -2.74. The van der Waals surface area contributed by atoms with Gasteiger partial charge in [-0.1, -0.05) is 6.07 Å². The lowest BCUT2D eigenvalue weighted by Crippen LogP contribution is -2.39. The highest BCUT2D eigenvalue weighted by Gasteiger charge is 2.28. The van der Waals surface area contributed by atoms with Crippen LogP contribution in [0, 0.1) is 5.82 Å². The largest absolute Gasteiger partial charge is 0.374 e. The average molecular weight is 441 g/mol. The molecular formula is C24H33FN6O. The van der Waals surface area contributed by atoms with Crippen LogP contribution in [0.2, 0.25) is 0 Å². The van der Waals surface area contributed by atoms with Crippen LogP contribution in [0.4, 0.5) is 15.9 Å². The molecule has 1 atom stereocenters. The maximum atomic E-state index is 13.5. The Balaban J connectivity index is 1.41. The van der Waals surface area contributed by atoms with Gasteiger partial charge in [-0.15, -0.1) is 0 Å². The molecule has 1 aromatic heterocycles. The van der Waals surface area contributed by atoms with Crippen LogP contribution >= 0.6 is 0 Å². The van der Waals surface area contributed by atoms with Crippen LogP contribution in [0.1, 0.15) is 42.3 Å². The molecule has 2 aromatic rings. The van der Waals surface area contributed by atoms with Crippen LogP contribution in [0.15, 0.2) is 24.3 Å². The summed E-state index contributed by atoms with van der Waals surface area (Å²) >= 11 is 0. The van der Waals surface area contributed by atoms with Gasteiger partial charge in [-0.05, 0) is 44.6 Å². The van der Waals surface area contributed by atoms with E-state index < -0.39 is 0 Å². The summed E-state index contributed by atoms with van der Waals surface area (Å²) in [6.07, 6.45) is 3.41. The van der Waals surface area contributed by atoms with Crippen molar-refractivity contribution in [3.63, 3.8) is 0 Å². The zero-order valence-electron chi connectivity index (χ0n) is 19.3. The molecule has 2 aliphatic rings. The first-order valence-corrected chi connectivity index (χ1v) is 11.4. The van der Waals surface area contributed by atoms with Gasteiger partial charge in [-0.25, -0.2) is 14.4 Å². The summed E-state index contributed by atoms with van der Waals surface area (Å²) in [4.78, 5) is 28.8. The summed E-state index contributed by atoms with van der Waals surface area (Å²) in [6, 6.07) is 6.44. The van der Waals surface area contributed by atoms with Crippen LogP contribution in [-0.4, -0.2) is 73.0 Å². The number of nitrogens with one attached hydrogen (secondary N) is 1. The topological polar surface area (TPSA) is 64.6 Å². The molecule has 0 aliphatic carbocycles. The fourth-order valence-electron chi connectivity index (χ4n) is 4.68. The SMILES string of the molecule is CNc1nc([C@H]2CCCN(C)C2)nc2c1CN(C(=O)CCN(C)c1cccc(F)c1)CC2. The maximum absolute atomic E-state index is 13.5. The number of carbonyl (C=O) groups excluding carboxylic acids is 1. The van der Waals surface area contributed by atoms with Crippen molar-refractivity contribution in [1.82, 2.24) is 19.8 Å². The summed E-state index contributed by atoms with van der Waals surface area (Å²) in [5.74, 6) is 1.96. The predicted octanol–water partition coefficient (Wildman–Crippen LogP) is 2.88. The van der Waals surface area contributed by atoms with Crippen LogP contribution in [-0.2, 0) is 17.8 Å². The van der Waals surface area contributed by atoms with Crippen LogP contribution < -0.4 is 10.2 Å². The van der Waals surface area contributed by atoms with Gasteiger partial charge in [-0.2, -0.15) is 0 Å².